The van der Waals surface area contributed by atoms with E-state index in [4.69, 9.17) is 0 Å². The van der Waals surface area contributed by atoms with Crippen LogP contribution in [0.25, 0.3) is 11.2 Å². The molecule has 0 atom stereocenters. The van der Waals surface area contributed by atoms with Gasteiger partial charge in [-0.3, -0.25) is 0 Å². The van der Waals surface area contributed by atoms with E-state index in [1.54, 1.807) is 25.5 Å². The molecule has 0 saturated carbocycles. The summed E-state index contributed by atoms with van der Waals surface area (Å²) in [6.45, 7) is 0.721. The van der Waals surface area contributed by atoms with Gasteiger partial charge in [-0.05, 0) is 24.1 Å². The van der Waals surface area contributed by atoms with Crippen LogP contribution in [0.3, 0.4) is 0 Å². The zero-order valence-corrected chi connectivity index (χ0v) is 11.6. The van der Waals surface area contributed by atoms with Gasteiger partial charge in [0, 0.05) is 13.6 Å². The number of hydrogen-bond donors (Lipinski definition) is 4. The molecule has 0 unspecified atom stereocenters. The third kappa shape index (κ3) is 2.86. The minimum absolute atomic E-state index is 0.278. The van der Waals surface area contributed by atoms with Gasteiger partial charge in [0.2, 0.25) is 5.95 Å². The summed E-state index contributed by atoms with van der Waals surface area (Å²) in [5.74, 6) is 1.53. The fourth-order valence-corrected chi connectivity index (χ4v) is 2.06. The number of rotatable bonds is 5. The monoisotopic (exact) mass is 284 g/mol. The van der Waals surface area contributed by atoms with Gasteiger partial charge in [0.1, 0.15) is 11.3 Å². The van der Waals surface area contributed by atoms with Crippen LogP contribution in [0.2, 0.25) is 0 Å². The Kier molecular flexibility index (Phi) is 3.55. The maximum atomic E-state index is 9.26. The molecule has 7 nitrogen and oxygen atoms in total. The molecule has 0 bridgehead atoms. The molecule has 0 amide bonds. The molecule has 21 heavy (non-hydrogen) atoms. The van der Waals surface area contributed by atoms with Crippen LogP contribution >= 0.6 is 0 Å². The Labute approximate surface area is 121 Å². The standard InChI is InChI=1S/C14H16N6O/c1-15-14-19-12(11-13(20-14)18-8-17-11)16-7-6-9-2-4-10(21)5-3-9/h2-5,8,21H,6-7H2,1H3,(H3,15,16,17,18,19,20). The normalized spacial score (nSPS) is 10.7. The average molecular weight is 284 g/mol. The van der Waals surface area contributed by atoms with E-state index < -0.39 is 0 Å². The van der Waals surface area contributed by atoms with Crippen molar-refractivity contribution >= 4 is 22.9 Å². The second-order valence-corrected chi connectivity index (χ2v) is 4.59. The van der Waals surface area contributed by atoms with Crippen LogP contribution < -0.4 is 10.6 Å². The number of benzene rings is 1. The highest BCUT2D eigenvalue weighted by Crippen LogP contribution is 2.18. The van der Waals surface area contributed by atoms with Crippen molar-refractivity contribution in [3.63, 3.8) is 0 Å². The van der Waals surface area contributed by atoms with E-state index in [9.17, 15) is 5.11 Å². The first-order chi connectivity index (χ1) is 10.3. The van der Waals surface area contributed by atoms with Crippen LogP contribution in [0.15, 0.2) is 30.6 Å². The van der Waals surface area contributed by atoms with Crippen molar-refractivity contribution in [3.8, 4) is 5.75 Å². The van der Waals surface area contributed by atoms with Crippen molar-refractivity contribution in [2.75, 3.05) is 24.2 Å². The van der Waals surface area contributed by atoms with Crippen LogP contribution in [-0.4, -0.2) is 38.6 Å². The van der Waals surface area contributed by atoms with Crippen molar-refractivity contribution in [2.24, 2.45) is 0 Å². The lowest BCUT2D eigenvalue weighted by Crippen LogP contribution is -2.09. The van der Waals surface area contributed by atoms with Crippen LogP contribution in [0, 0.1) is 0 Å². The molecule has 0 fully saturated rings. The van der Waals surface area contributed by atoms with Gasteiger partial charge >= 0.3 is 0 Å². The van der Waals surface area contributed by atoms with Crippen LogP contribution in [0.1, 0.15) is 5.56 Å². The topological polar surface area (TPSA) is 98.8 Å². The quantitative estimate of drug-likeness (QED) is 0.570. The Morgan fingerprint density at radius 1 is 1.19 bits per heavy atom. The number of phenols is 1. The summed E-state index contributed by atoms with van der Waals surface area (Å²) in [4.78, 5) is 15.8. The molecule has 0 saturated heterocycles. The summed E-state index contributed by atoms with van der Waals surface area (Å²) in [7, 11) is 1.77. The van der Waals surface area contributed by atoms with Crippen molar-refractivity contribution in [1.82, 2.24) is 19.9 Å². The second-order valence-electron chi connectivity index (χ2n) is 4.59. The number of H-pyrrole nitrogens is 1. The summed E-state index contributed by atoms with van der Waals surface area (Å²) >= 11 is 0. The van der Waals surface area contributed by atoms with E-state index in [-0.39, 0.29) is 5.75 Å². The third-order valence-electron chi connectivity index (χ3n) is 3.15. The van der Waals surface area contributed by atoms with Gasteiger partial charge < -0.3 is 20.7 Å². The number of anilines is 2. The molecule has 0 radical (unpaired) electrons. The van der Waals surface area contributed by atoms with Crippen molar-refractivity contribution in [3.05, 3.63) is 36.2 Å². The predicted octanol–water partition coefficient (Wildman–Crippen LogP) is 1.75. The fraction of sp³-hybridized carbons (Fsp3) is 0.214. The average Bonchev–Trinajstić information content (AvgIpc) is 2.97. The van der Waals surface area contributed by atoms with E-state index >= 15 is 0 Å². The lowest BCUT2D eigenvalue weighted by atomic mass is 10.1. The van der Waals surface area contributed by atoms with Gasteiger partial charge in [-0.1, -0.05) is 12.1 Å². The molecule has 1 aromatic carbocycles. The van der Waals surface area contributed by atoms with Crippen molar-refractivity contribution in [2.45, 2.75) is 6.42 Å². The summed E-state index contributed by atoms with van der Waals surface area (Å²) in [5, 5.41) is 15.5. The van der Waals surface area contributed by atoms with Gasteiger partial charge in [-0.15, -0.1) is 0 Å². The smallest absolute Gasteiger partial charge is 0.226 e. The van der Waals surface area contributed by atoms with E-state index in [1.807, 2.05) is 12.1 Å². The lowest BCUT2D eigenvalue weighted by Gasteiger charge is -2.08. The highest BCUT2D eigenvalue weighted by atomic mass is 16.3. The van der Waals surface area contributed by atoms with E-state index in [0.717, 1.165) is 29.9 Å². The largest absolute Gasteiger partial charge is 0.508 e. The van der Waals surface area contributed by atoms with Crippen molar-refractivity contribution < 1.29 is 5.11 Å². The van der Waals surface area contributed by atoms with Crippen LogP contribution in [0.5, 0.6) is 5.75 Å². The minimum atomic E-state index is 0.278. The fourth-order valence-electron chi connectivity index (χ4n) is 2.06. The van der Waals surface area contributed by atoms with Crippen LogP contribution in [-0.2, 0) is 6.42 Å². The molecule has 2 heterocycles. The molecule has 0 aliphatic carbocycles. The number of fused-ring (bicyclic) bond motifs is 1. The minimum Gasteiger partial charge on any atom is -0.508 e. The van der Waals surface area contributed by atoms with Gasteiger partial charge in [-0.2, -0.15) is 9.97 Å². The SMILES string of the molecule is CNc1nc(NCCc2ccc(O)cc2)c2[nH]cnc2n1. The molecule has 7 heteroatoms. The van der Waals surface area contributed by atoms with E-state index in [0.29, 0.717) is 11.6 Å². The first-order valence-corrected chi connectivity index (χ1v) is 6.67. The molecule has 2 aromatic heterocycles. The number of nitrogens with one attached hydrogen (secondary N) is 3. The number of aromatic amines is 1. The maximum Gasteiger partial charge on any atom is 0.226 e. The van der Waals surface area contributed by atoms with Gasteiger partial charge in [0.15, 0.2) is 11.5 Å². The number of aromatic hydroxyl groups is 1. The summed E-state index contributed by atoms with van der Waals surface area (Å²) < 4.78 is 0. The van der Waals surface area contributed by atoms with Crippen molar-refractivity contribution in [1.29, 1.82) is 0 Å². The summed E-state index contributed by atoms with van der Waals surface area (Å²) in [6.07, 6.45) is 2.43. The Morgan fingerprint density at radius 3 is 2.76 bits per heavy atom. The zero-order valence-electron chi connectivity index (χ0n) is 11.6. The Hall–Kier alpha value is -2.83. The summed E-state index contributed by atoms with van der Waals surface area (Å²) in [6, 6.07) is 7.18. The second kappa shape index (κ2) is 5.66. The Balaban J connectivity index is 1.72. The van der Waals surface area contributed by atoms with Gasteiger partial charge in [0.05, 0.1) is 6.33 Å². The van der Waals surface area contributed by atoms with E-state index in [1.165, 1.54) is 0 Å². The van der Waals surface area contributed by atoms with Gasteiger partial charge in [-0.25, -0.2) is 4.98 Å². The molecular weight excluding hydrogens is 268 g/mol. The molecule has 3 aromatic rings. The highest BCUT2D eigenvalue weighted by Gasteiger charge is 2.08. The number of phenolic OH excluding ortho intramolecular Hbond substituents is 1. The van der Waals surface area contributed by atoms with Crippen LogP contribution in [0.4, 0.5) is 11.8 Å². The maximum absolute atomic E-state index is 9.26. The molecule has 0 aliphatic heterocycles. The third-order valence-corrected chi connectivity index (χ3v) is 3.15. The highest BCUT2D eigenvalue weighted by molar-refractivity contribution is 5.83. The first kappa shape index (κ1) is 13.2. The molecule has 3 rings (SSSR count). The zero-order chi connectivity index (χ0) is 14.7. The Morgan fingerprint density at radius 2 is 2.00 bits per heavy atom. The summed E-state index contributed by atoms with van der Waals surface area (Å²) in [5.41, 5.74) is 2.56. The van der Waals surface area contributed by atoms with Gasteiger partial charge in [0.25, 0.3) is 0 Å². The molecule has 108 valence electrons. The Bertz CT molecular complexity index is 737. The molecule has 4 N–H and O–H groups in total. The number of hydrogen-bond acceptors (Lipinski definition) is 6. The number of nitrogens with zero attached hydrogens (tertiary/aromatic N) is 3. The number of aromatic nitrogens is 4. The molecule has 0 aliphatic rings. The first-order valence-electron chi connectivity index (χ1n) is 6.67. The molecule has 0 spiro atoms. The molecular formula is C14H16N6O. The number of imidazole rings is 1. The lowest BCUT2D eigenvalue weighted by molar-refractivity contribution is 0.475. The van der Waals surface area contributed by atoms with E-state index in [2.05, 4.69) is 30.6 Å². The predicted molar refractivity (Wildman–Crippen MR) is 81.5 cm³/mol.